The SMILES string of the molecule is COc1nnccc1CO.COc1nnccc1COS(C)(=O)=O.[C-]#[N+]c1cc(Cl)cc(Oc2c(C)nc[nH]c2=O)c1.[C-]#[N+]c1cc(Cl)cc(Oc2c(C)ncn(Cc3ccnnc3OC)c2=O)c1. The number of aromatic amines is 1. The summed E-state index contributed by atoms with van der Waals surface area (Å²) >= 11 is 11.8. The molecule has 0 aliphatic carbocycles. The molecule has 23 nitrogen and oxygen atoms in total. The highest BCUT2D eigenvalue weighted by Gasteiger charge is 2.15. The van der Waals surface area contributed by atoms with Crippen LogP contribution in [0.5, 0.6) is 40.6 Å². The second kappa shape index (κ2) is 26.3. The lowest BCUT2D eigenvalue weighted by atomic mass is 10.3. The first-order valence-electron chi connectivity index (χ1n) is 19.3. The van der Waals surface area contributed by atoms with Gasteiger partial charge in [0.15, 0.2) is 11.4 Å². The Labute approximate surface area is 404 Å². The van der Waals surface area contributed by atoms with Gasteiger partial charge in [0.2, 0.25) is 29.1 Å². The van der Waals surface area contributed by atoms with E-state index in [0.29, 0.717) is 67.0 Å². The number of ether oxygens (including phenoxy) is 5. The van der Waals surface area contributed by atoms with E-state index in [0.717, 1.165) is 6.26 Å². The van der Waals surface area contributed by atoms with Gasteiger partial charge >= 0.3 is 0 Å². The molecule has 69 heavy (non-hydrogen) atoms. The molecule has 0 fully saturated rings. The lowest BCUT2D eigenvalue weighted by molar-refractivity contribution is 0.270. The highest BCUT2D eigenvalue weighted by molar-refractivity contribution is 7.85. The number of H-pyrrole nitrogens is 1. The Kier molecular flexibility index (Phi) is 20.4. The number of aromatic nitrogens is 10. The molecule has 7 rings (SSSR count). The van der Waals surface area contributed by atoms with E-state index < -0.39 is 10.1 Å². The number of rotatable bonds is 13. The van der Waals surface area contributed by atoms with Crippen LogP contribution in [0.4, 0.5) is 11.4 Å². The predicted molar refractivity (Wildman–Crippen MR) is 249 cm³/mol. The fraction of sp³-hybridized carbons (Fsp3) is 0.209. The summed E-state index contributed by atoms with van der Waals surface area (Å²) in [5, 5.41) is 31.5. The van der Waals surface area contributed by atoms with E-state index in [2.05, 4.69) is 59.4 Å². The molecule has 0 saturated carbocycles. The fourth-order valence-corrected chi connectivity index (χ4v) is 5.99. The van der Waals surface area contributed by atoms with Gasteiger partial charge in [-0.3, -0.25) is 18.3 Å². The van der Waals surface area contributed by atoms with Crippen molar-refractivity contribution >= 4 is 44.7 Å². The first-order chi connectivity index (χ1) is 33.0. The van der Waals surface area contributed by atoms with E-state index in [1.807, 2.05) is 0 Å². The molecule has 5 heterocycles. The average molecular weight is 1000 g/mol. The van der Waals surface area contributed by atoms with Crippen LogP contribution < -0.4 is 34.8 Å². The smallest absolute Gasteiger partial charge is 0.296 e. The Bertz CT molecular complexity index is 3160. The second-order valence-electron chi connectivity index (χ2n) is 13.3. The number of aliphatic hydroxyl groups excluding tert-OH is 1. The first-order valence-corrected chi connectivity index (χ1v) is 21.9. The molecule has 0 atom stereocenters. The van der Waals surface area contributed by atoms with Gasteiger partial charge < -0.3 is 33.8 Å². The Hall–Kier alpha value is -8.13. The third-order valence-corrected chi connectivity index (χ3v) is 9.37. The van der Waals surface area contributed by atoms with Crippen molar-refractivity contribution in [3.05, 3.63) is 168 Å². The van der Waals surface area contributed by atoms with Crippen molar-refractivity contribution in [1.82, 2.24) is 50.1 Å². The molecular formula is C43H40Cl2N12O11S. The third-order valence-electron chi connectivity index (χ3n) is 8.39. The predicted octanol–water partition coefficient (Wildman–Crippen LogP) is 6.41. The summed E-state index contributed by atoms with van der Waals surface area (Å²) in [5.41, 5.74) is 2.62. The normalized spacial score (nSPS) is 10.2. The van der Waals surface area contributed by atoms with Crippen LogP contribution >= 0.6 is 23.2 Å². The standard InChI is InChI=1S/C18H14ClN5O3.C12H8ClN3O2.C7H10N2O4S.C6H8N2O2/c1-11-16(27-15-7-13(19)6-14(8-15)20-2)18(25)24(10-21-11)9-12-4-5-22-23-17(12)26-3;1-7-11(12(17)16-6-15-7)18-10-4-8(13)3-9(5-10)14-2;1-12-7-6(3-4-8-9-7)5-13-14(2,10)11;1-10-6-5(4-9)2-3-7-8-6/h4-8,10H,9H2,1,3H3;3-6H,1H3,(H,15,16,17);3-4H,5H2,1-2H3;2-3,9H,4H2,1H3. The van der Waals surface area contributed by atoms with Gasteiger partial charge in [-0.05, 0) is 68.4 Å². The lowest BCUT2D eigenvalue weighted by Gasteiger charge is -2.12. The molecule has 0 spiro atoms. The maximum absolute atomic E-state index is 12.9. The van der Waals surface area contributed by atoms with Crippen LogP contribution in [0.2, 0.25) is 10.0 Å². The number of halogens is 2. The van der Waals surface area contributed by atoms with E-state index in [-0.39, 0.29) is 54.0 Å². The van der Waals surface area contributed by atoms with E-state index in [9.17, 15) is 18.0 Å². The number of aryl methyl sites for hydroxylation is 2. The average Bonchev–Trinajstić information content (AvgIpc) is 3.34. The summed E-state index contributed by atoms with van der Waals surface area (Å²) in [4.78, 5) is 41.6. The van der Waals surface area contributed by atoms with Crippen LogP contribution in [0.15, 0.2) is 95.4 Å². The number of nitrogens with one attached hydrogen (secondary N) is 1. The van der Waals surface area contributed by atoms with Crippen LogP contribution in [-0.4, -0.2) is 91.2 Å². The molecule has 2 N–H and O–H groups in total. The monoisotopic (exact) mass is 1000 g/mol. The van der Waals surface area contributed by atoms with Gasteiger partial charge in [-0.1, -0.05) is 23.2 Å². The third kappa shape index (κ3) is 16.6. The molecule has 0 aliphatic rings. The molecule has 0 aliphatic heterocycles. The maximum atomic E-state index is 12.9. The van der Waals surface area contributed by atoms with Crippen LogP contribution in [0.1, 0.15) is 28.1 Å². The summed E-state index contributed by atoms with van der Waals surface area (Å²) in [6.45, 7) is 17.4. The van der Waals surface area contributed by atoms with Gasteiger partial charge in [-0.2, -0.15) is 23.7 Å². The number of benzene rings is 2. The molecule has 0 unspecified atom stereocenters. The van der Waals surface area contributed by atoms with Gasteiger partial charge in [-0.15, -0.1) is 15.3 Å². The van der Waals surface area contributed by atoms with E-state index in [1.54, 1.807) is 32.0 Å². The van der Waals surface area contributed by atoms with Gasteiger partial charge in [0.25, 0.3) is 21.2 Å². The highest BCUT2D eigenvalue weighted by Crippen LogP contribution is 2.31. The summed E-state index contributed by atoms with van der Waals surface area (Å²) < 4.78 is 53.3. The number of hydrogen-bond donors (Lipinski definition) is 2. The van der Waals surface area contributed by atoms with Crippen molar-refractivity contribution in [3.8, 4) is 40.6 Å². The molecule has 0 bridgehead atoms. The van der Waals surface area contributed by atoms with Crippen molar-refractivity contribution in [2.45, 2.75) is 33.6 Å². The van der Waals surface area contributed by atoms with Crippen molar-refractivity contribution in [2.24, 2.45) is 0 Å². The molecular weight excluding hydrogens is 964 g/mol. The molecule has 0 amide bonds. The summed E-state index contributed by atoms with van der Waals surface area (Å²) in [5.74, 6) is 1.73. The van der Waals surface area contributed by atoms with E-state index in [1.165, 1.54) is 93.5 Å². The maximum Gasteiger partial charge on any atom is 0.296 e. The van der Waals surface area contributed by atoms with Gasteiger partial charge in [0.05, 0.1) is 103 Å². The molecule has 2 aromatic carbocycles. The summed E-state index contributed by atoms with van der Waals surface area (Å²) in [6.07, 6.45) is 8.16. The van der Waals surface area contributed by atoms with Crippen molar-refractivity contribution in [1.29, 1.82) is 0 Å². The lowest BCUT2D eigenvalue weighted by Crippen LogP contribution is -2.23. The van der Waals surface area contributed by atoms with Gasteiger partial charge in [0.1, 0.15) is 11.5 Å². The summed E-state index contributed by atoms with van der Waals surface area (Å²) in [7, 11) is 0.941. The largest absolute Gasteiger partial charge is 0.480 e. The number of methoxy groups -OCH3 is 3. The fourth-order valence-electron chi connectivity index (χ4n) is 5.21. The molecule has 0 saturated heterocycles. The van der Waals surface area contributed by atoms with Crippen LogP contribution in [0.25, 0.3) is 9.69 Å². The molecule has 358 valence electrons. The zero-order valence-corrected chi connectivity index (χ0v) is 39.6. The molecule has 0 radical (unpaired) electrons. The molecule has 26 heteroatoms. The van der Waals surface area contributed by atoms with Gasteiger partial charge in [-0.25, -0.2) is 19.7 Å². The van der Waals surface area contributed by atoms with Crippen LogP contribution in [0, 0.1) is 27.0 Å². The van der Waals surface area contributed by atoms with Crippen LogP contribution in [0.3, 0.4) is 0 Å². The topological polar surface area (TPSA) is 276 Å². The zero-order chi connectivity index (χ0) is 50.5. The van der Waals surface area contributed by atoms with Crippen molar-refractivity contribution in [2.75, 3.05) is 27.6 Å². The molecule has 7 aromatic rings. The minimum absolute atomic E-state index is 0.0525. The minimum atomic E-state index is -3.45. The highest BCUT2D eigenvalue weighted by atomic mass is 35.5. The zero-order valence-electron chi connectivity index (χ0n) is 37.3. The van der Waals surface area contributed by atoms with Crippen molar-refractivity contribution in [3.63, 3.8) is 0 Å². The van der Waals surface area contributed by atoms with E-state index >= 15 is 0 Å². The van der Waals surface area contributed by atoms with Crippen LogP contribution in [-0.2, 0) is 34.1 Å². The number of hydrogen-bond acceptors (Lipinski definition) is 19. The molecule has 5 aromatic heterocycles. The Morgan fingerprint density at radius 3 is 1.67 bits per heavy atom. The summed E-state index contributed by atoms with van der Waals surface area (Å²) in [6, 6.07) is 14.0. The Balaban J connectivity index is 0.000000214. The Morgan fingerprint density at radius 1 is 0.710 bits per heavy atom. The first kappa shape index (κ1) is 53.5. The second-order valence-corrected chi connectivity index (χ2v) is 15.8. The quantitative estimate of drug-likeness (QED) is 0.0932. The van der Waals surface area contributed by atoms with Gasteiger partial charge in [0, 0.05) is 26.7 Å². The number of nitrogens with zero attached hydrogens (tertiary/aromatic N) is 11. The van der Waals surface area contributed by atoms with E-state index in [4.69, 9.17) is 65.1 Å². The minimum Gasteiger partial charge on any atom is -0.480 e. The Morgan fingerprint density at radius 2 is 1.19 bits per heavy atom. The number of aliphatic hydroxyl groups is 1. The van der Waals surface area contributed by atoms with Crippen molar-refractivity contribution < 1.29 is 41.4 Å².